The molecule has 0 N–H and O–H groups in total. The first kappa shape index (κ1) is 23.2. The number of rotatable bonds is 5. The van der Waals surface area contributed by atoms with E-state index in [0.717, 1.165) is 12.8 Å². The summed E-state index contributed by atoms with van der Waals surface area (Å²) in [5, 5.41) is 12.4. The lowest BCUT2D eigenvalue weighted by molar-refractivity contribution is -0.536. The van der Waals surface area contributed by atoms with Crippen LogP contribution in [0, 0.1) is 21.4 Å². The van der Waals surface area contributed by atoms with E-state index in [1.54, 1.807) is 31.2 Å². The smallest absolute Gasteiger partial charge is 0.329 e. The number of amides is 1. The Bertz CT molecular complexity index is 800. The molecule has 2 saturated heterocycles. The van der Waals surface area contributed by atoms with Crippen molar-refractivity contribution < 1.29 is 24.0 Å². The molecule has 31 heavy (non-hydrogen) atoms. The maximum absolute atomic E-state index is 13.7. The molecule has 3 rings (SSSR count). The Hall–Kier alpha value is -2.48. The third-order valence-electron chi connectivity index (χ3n) is 6.25. The quantitative estimate of drug-likeness (QED) is 0.402. The second kappa shape index (κ2) is 9.34. The molecule has 0 bridgehead atoms. The predicted molar refractivity (Wildman–Crippen MR) is 114 cm³/mol. The van der Waals surface area contributed by atoms with Gasteiger partial charge in [-0.05, 0) is 37.2 Å². The van der Waals surface area contributed by atoms with Crippen LogP contribution in [0.25, 0.3) is 0 Å². The van der Waals surface area contributed by atoms with Crippen molar-refractivity contribution in [3.8, 4) is 0 Å². The fraction of sp³-hybridized carbons (Fsp3) is 0.652. The average molecular weight is 433 g/mol. The van der Waals surface area contributed by atoms with Crippen LogP contribution in [0.4, 0.5) is 0 Å². The fourth-order valence-electron chi connectivity index (χ4n) is 5.00. The summed E-state index contributed by atoms with van der Waals surface area (Å²) >= 11 is 0. The summed E-state index contributed by atoms with van der Waals surface area (Å²) in [5.74, 6) is -1.69. The highest BCUT2D eigenvalue weighted by atomic mass is 16.6. The lowest BCUT2D eigenvalue weighted by atomic mass is 9.73. The monoisotopic (exact) mass is 432 g/mol. The summed E-state index contributed by atoms with van der Waals surface area (Å²) in [6.45, 7) is 7.89. The van der Waals surface area contributed by atoms with Crippen LogP contribution in [0.1, 0.15) is 58.6 Å². The second-order valence-electron chi connectivity index (χ2n) is 9.32. The number of carbonyl (C=O) groups excluding carboxylic acids is 2. The maximum Gasteiger partial charge on any atom is 0.329 e. The number of likely N-dealkylation sites (tertiary alicyclic amines) is 1. The van der Waals surface area contributed by atoms with E-state index in [1.807, 2.05) is 26.8 Å². The molecular weight excluding hydrogens is 400 g/mol. The van der Waals surface area contributed by atoms with Gasteiger partial charge in [0.15, 0.2) is 0 Å². The normalized spacial score (nSPS) is 28.9. The standard InChI is InChI=1S/C23H32N2O6/c1-5-30-22(27)20-17(23(2,3)4)19(25(28)29)18(15-11-7-6-8-12-15)24(20)21(26)16-13-9-10-14-31-16/h6-8,11-12,16-20H,5,9-10,13-14H2,1-4H3/t16-,17+,18+,19+,20+/m0/s1. The summed E-state index contributed by atoms with van der Waals surface area (Å²) in [4.78, 5) is 40.3. The van der Waals surface area contributed by atoms with Gasteiger partial charge in [-0.3, -0.25) is 14.9 Å². The second-order valence-corrected chi connectivity index (χ2v) is 9.32. The largest absolute Gasteiger partial charge is 0.464 e. The first-order valence-corrected chi connectivity index (χ1v) is 11.0. The minimum absolute atomic E-state index is 0.132. The number of carbonyl (C=O) groups is 2. The Balaban J connectivity index is 2.18. The van der Waals surface area contributed by atoms with Crippen LogP contribution in [0.15, 0.2) is 30.3 Å². The third-order valence-corrected chi connectivity index (χ3v) is 6.25. The van der Waals surface area contributed by atoms with Crippen molar-refractivity contribution in [1.82, 2.24) is 4.90 Å². The Morgan fingerprint density at radius 3 is 2.42 bits per heavy atom. The lowest BCUT2D eigenvalue weighted by Gasteiger charge is -2.35. The molecule has 0 saturated carbocycles. The number of hydrogen-bond donors (Lipinski definition) is 0. The molecular formula is C23H32N2O6. The van der Waals surface area contributed by atoms with Crippen LogP contribution in [0.5, 0.6) is 0 Å². The Labute approximate surface area is 183 Å². The van der Waals surface area contributed by atoms with Crippen molar-refractivity contribution in [1.29, 1.82) is 0 Å². The van der Waals surface area contributed by atoms with Crippen molar-refractivity contribution in [2.75, 3.05) is 13.2 Å². The Morgan fingerprint density at radius 1 is 1.23 bits per heavy atom. The van der Waals surface area contributed by atoms with E-state index < -0.39 is 41.5 Å². The van der Waals surface area contributed by atoms with Gasteiger partial charge in [0.05, 0.1) is 12.5 Å². The molecule has 2 fully saturated rings. The molecule has 1 amide bonds. The van der Waals surface area contributed by atoms with E-state index in [0.29, 0.717) is 18.6 Å². The zero-order valence-electron chi connectivity index (χ0n) is 18.7. The van der Waals surface area contributed by atoms with Crippen molar-refractivity contribution >= 4 is 11.9 Å². The lowest BCUT2D eigenvalue weighted by Crippen LogP contribution is -2.51. The van der Waals surface area contributed by atoms with Gasteiger partial charge in [0.25, 0.3) is 5.91 Å². The SMILES string of the molecule is CCOC(=O)[C@H]1[C@H](C(C)(C)C)[C@@H]([N+](=O)[O-])[C@@H](c2ccccc2)N1C(=O)[C@@H]1CCCCO1. The van der Waals surface area contributed by atoms with E-state index in [4.69, 9.17) is 9.47 Å². The van der Waals surface area contributed by atoms with Crippen molar-refractivity contribution in [2.24, 2.45) is 11.3 Å². The van der Waals surface area contributed by atoms with Gasteiger partial charge in [-0.25, -0.2) is 4.79 Å². The van der Waals surface area contributed by atoms with Gasteiger partial charge in [0.1, 0.15) is 18.2 Å². The van der Waals surface area contributed by atoms with Crippen LogP contribution < -0.4 is 0 Å². The number of nitrogens with zero attached hydrogens (tertiary/aromatic N) is 2. The van der Waals surface area contributed by atoms with Crippen molar-refractivity contribution in [3.63, 3.8) is 0 Å². The summed E-state index contributed by atoms with van der Waals surface area (Å²) in [6.07, 6.45) is 1.54. The molecule has 5 atom stereocenters. The number of nitro groups is 1. The van der Waals surface area contributed by atoms with Gasteiger partial charge in [-0.1, -0.05) is 51.1 Å². The summed E-state index contributed by atoms with van der Waals surface area (Å²) < 4.78 is 11.1. The summed E-state index contributed by atoms with van der Waals surface area (Å²) in [6, 6.07) is 5.86. The van der Waals surface area contributed by atoms with Gasteiger partial charge >= 0.3 is 5.97 Å². The van der Waals surface area contributed by atoms with Gasteiger partial charge < -0.3 is 14.4 Å². The number of hydrogen-bond acceptors (Lipinski definition) is 6. The number of esters is 1. The zero-order valence-corrected chi connectivity index (χ0v) is 18.7. The van der Waals surface area contributed by atoms with E-state index in [9.17, 15) is 19.7 Å². The molecule has 0 spiro atoms. The van der Waals surface area contributed by atoms with Gasteiger partial charge in [-0.15, -0.1) is 0 Å². The number of benzene rings is 1. The van der Waals surface area contributed by atoms with Gasteiger partial charge in [0.2, 0.25) is 6.04 Å². The molecule has 0 radical (unpaired) electrons. The van der Waals surface area contributed by atoms with E-state index in [2.05, 4.69) is 0 Å². The first-order chi connectivity index (χ1) is 14.7. The highest BCUT2D eigenvalue weighted by molar-refractivity contribution is 5.89. The molecule has 170 valence electrons. The average Bonchev–Trinajstić information content (AvgIpc) is 3.12. The zero-order chi connectivity index (χ0) is 22.8. The highest BCUT2D eigenvalue weighted by Gasteiger charge is 2.64. The molecule has 2 aliphatic rings. The van der Waals surface area contributed by atoms with E-state index in [-0.39, 0.29) is 17.4 Å². The van der Waals surface area contributed by atoms with Crippen molar-refractivity contribution in [2.45, 2.75) is 71.2 Å². The molecule has 2 aliphatic heterocycles. The van der Waals surface area contributed by atoms with E-state index >= 15 is 0 Å². The Kier molecular flexibility index (Phi) is 6.99. The highest BCUT2D eigenvalue weighted by Crippen LogP contribution is 2.49. The molecule has 0 aromatic heterocycles. The van der Waals surface area contributed by atoms with Crippen LogP contribution in [-0.4, -0.2) is 53.1 Å². The topological polar surface area (TPSA) is 99.0 Å². The molecule has 0 unspecified atom stereocenters. The molecule has 0 aliphatic carbocycles. The third kappa shape index (κ3) is 4.59. The molecule has 8 nitrogen and oxygen atoms in total. The van der Waals surface area contributed by atoms with Gasteiger partial charge in [-0.2, -0.15) is 0 Å². The summed E-state index contributed by atoms with van der Waals surface area (Å²) in [7, 11) is 0. The number of ether oxygens (including phenoxy) is 2. The minimum atomic E-state index is -1.15. The fourth-order valence-corrected chi connectivity index (χ4v) is 5.00. The molecule has 1 aromatic carbocycles. The van der Waals surface area contributed by atoms with Crippen LogP contribution in [-0.2, 0) is 19.1 Å². The van der Waals surface area contributed by atoms with Crippen molar-refractivity contribution in [3.05, 3.63) is 46.0 Å². The van der Waals surface area contributed by atoms with Crippen LogP contribution >= 0.6 is 0 Å². The summed E-state index contributed by atoms with van der Waals surface area (Å²) in [5.41, 5.74) is 0.0133. The molecule has 2 heterocycles. The Morgan fingerprint density at radius 2 is 1.90 bits per heavy atom. The first-order valence-electron chi connectivity index (χ1n) is 11.0. The van der Waals surface area contributed by atoms with Gasteiger partial charge in [0, 0.05) is 11.5 Å². The minimum Gasteiger partial charge on any atom is -0.464 e. The maximum atomic E-state index is 13.7. The molecule has 8 heteroatoms. The van der Waals surface area contributed by atoms with Crippen LogP contribution in [0.2, 0.25) is 0 Å². The van der Waals surface area contributed by atoms with E-state index in [1.165, 1.54) is 4.90 Å². The molecule has 1 aromatic rings. The predicted octanol–water partition coefficient (Wildman–Crippen LogP) is 3.38. The van der Waals surface area contributed by atoms with Crippen LogP contribution in [0.3, 0.4) is 0 Å².